The summed E-state index contributed by atoms with van der Waals surface area (Å²) in [6.45, 7) is 5.11. The van der Waals surface area contributed by atoms with Crippen LogP contribution in [0.5, 0.6) is 0 Å². The molecular weight excluding hydrogens is 320 g/mol. The van der Waals surface area contributed by atoms with Crippen molar-refractivity contribution in [1.82, 2.24) is 9.88 Å². The zero-order chi connectivity index (χ0) is 18.3. The van der Waals surface area contributed by atoms with Crippen molar-refractivity contribution in [3.05, 3.63) is 57.9 Å². The maximum absolute atomic E-state index is 13.1. The second-order valence-electron chi connectivity index (χ2n) is 6.44. The van der Waals surface area contributed by atoms with Crippen LogP contribution in [0.3, 0.4) is 0 Å². The van der Waals surface area contributed by atoms with Crippen molar-refractivity contribution in [3.63, 3.8) is 0 Å². The zero-order valence-corrected chi connectivity index (χ0v) is 14.4. The molecule has 0 radical (unpaired) electrons. The topological polar surface area (TPSA) is 90.5 Å². The van der Waals surface area contributed by atoms with Crippen molar-refractivity contribution in [3.8, 4) is 0 Å². The minimum absolute atomic E-state index is 0.154. The highest BCUT2D eigenvalue weighted by atomic mass is 16.4. The van der Waals surface area contributed by atoms with Gasteiger partial charge in [0.2, 0.25) is 0 Å². The first kappa shape index (κ1) is 17.0. The van der Waals surface area contributed by atoms with E-state index in [0.717, 1.165) is 11.1 Å². The number of H-pyrrole nitrogens is 1. The van der Waals surface area contributed by atoms with Crippen LogP contribution >= 0.6 is 0 Å². The first-order valence-electron chi connectivity index (χ1n) is 8.12. The number of rotatable bonds is 3. The molecule has 130 valence electrons. The molecule has 3 rings (SSSR count). The Morgan fingerprint density at radius 3 is 2.36 bits per heavy atom. The number of aliphatic carboxylic acids is 1. The number of ketones is 1. The van der Waals surface area contributed by atoms with E-state index in [1.807, 2.05) is 24.3 Å². The number of aromatic nitrogens is 1. The van der Waals surface area contributed by atoms with Crippen molar-refractivity contribution in [2.75, 3.05) is 0 Å². The number of aryl methyl sites for hydroxylation is 1. The van der Waals surface area contributed by atoms with Crippen molar-refractivity contribution in [2.45, 2.75) is 39.8 Å². The fourth-order valence-electron chi connectivity index (χ4n) is 3.52. The Bertz CT molecular complexity index is 882. The number of carbonyl (C=O) groups is 3. The van der Waals surface area contributed by atoms with Crippen LogP contribution in [0.1, 0.15) is 50.2 Å². The molecule has 0 unspecified atom stereocenters. The minimum atomic E-state index is -1.03. The van der Waals surface area contributed by atoms with Gasteiger partial charge in [0.05, 0.1) is 11.3 Å². The first-order chi connectivity index (χ1) is 11.8. The number of benzene rings is 1. The van der Waals surface area contributed by atoms with Crippen molar-refractivity contribution < 1.29 is 19.5 Å². The summed E-state index contributed by atoms with van der Waals surface area (Å²) in [7, 11) is 0. The molecule has 1 aromatic heterocycles. The molecule has 1 aliphatic rings. The molecule has 1 aliphatic heterocycles. The maximum atomic E-state index is 13.1. The zero-order valence-electron chi connectivity index (χ0n) is 14.4. The number of amides is 1. The molecule has 0 saturated carbocycles. The van der Waals surface area contributed by atoms with E-state index in [1.165, 1.54) is 11.8 Å². The molecule has 25 heavy (non-hydrogen) atoms. The molecule has 1 atom stereocenters. The number of fused-ring (bicyclic) bond motifs is 1. The summed E-state index contributed by atoms with van der Waals surface area (Å²) < 4.78 is 0. The van der Waals surface area contributed by atoms with Crippen LogP contribution in [-0.4, -0.2) is 38.7 Å². The number of carboxylic acid groups (broad SMARTS) is 1. The highest BCUT2D eigenvalue weighted by Gasteiger charge is 2.36. The largest absolute Gasteiger partial charge is 0.480 e. The van der Waals surface area contributed by atoms with Gasteiger partial charge < -0.3 is 15.0 Å². The smallest absolute Gasteiger partial charge is 0.326 e. The van der Waals surface area contributed by atoms with Crippen LogP contribution in [0, 0.1) is 13.8 Å². The second kappa shape index (κ2) is 6.20. The number of Topliss-reactive ketones (excluding diaryl/α,β-unsaturated/α-hetero) is 1. The average molecular weight is 340 g/mol. The number of aromatic amines is 1. The van der Waals surface area contributed by atoms with E-state index in [4.69, 9.17) is 0 Å². The number of carbonyl (C=O) groups excluding carboxylic acids is 2. The van der Waals surface area contributed by atoms with Gasteiger partial charge in [-0.15, -0.1) is 0 Å². The third kappa shape index (κ3) is 2.84. The van der Waals surface area contributed by atoms with E-state index in [9.17, 15) is 19.5 Å². The lowest BCUT2D eigenvalue weighted by Crippen LogP contribution is -2.48. The summed E-state index contributed by atoms with van der Waals surface area (Å²) in [6.07, 6.45) is 0.277. The lowest BCUT2D eigenvalue weighted by Gasteiger charge is -2.34. The van der Waals surface area contributed by atoms with Crippen LogP contribution in [0.4, 0.5) is 0 Å². The monoisotopic (exact) mass is 340 g/mol. The van der Waals surface area contributed by atoms with Gasteiger partial charge in [-0.2, -0.15) is 0 Å². The summed E-state index contributed by atoms with van der Waals surface area (Å²) in [5.41, 5.74) is 3.83. The van der Waals surface area contributed by atoms with E-state index in [-0.39, 0.29) is 24.7 Å². The lowest BCUT2D eigenvalue weighted by atomic mass is 9.93. The summed E-state index contributed by atoms with van der Waals surface area (Å²) in [6, 6.07) is 6.63. The minimum Gasteiger partial charge on any atom is -0.480 e. The average Bonchev–Trinajstić information content (AvgIpc) is 2.87. The highest BCUT2D eigenvalue weighted by Crippen LogP contribution is 2.28. The van der Waals surface area contributed by atoms with Crippen molar-refractivity contribution in [1.29, 1.82) is 0 Å². The lowest BCUT2D eigenvalue weighted by molar-refractivity contribution is -0.142. The number of nitrogens with zero attached hydrogens (tertiary/aromatic N) is 1. The Hall–Kier alpha value is -2.89. The van der Waals surface area contributed by atoms with Crippen LogP contribution in [0.2, 0.25) is 0 Å². The van der Waals surface area contributed by atoms with E-state index in [2.05, 4.69) is 4.98 Å². The Morgan fingerprint density at radius 2 is 1.80 bits per heavy atom. The highest BCUT2D eigenvalue weighted by molar-refractivity contribution is 6.03. The molecular formula is C19H20N2O4. The Morgan fingerprint density at radius 1 is 1.16 bits per heavy atom. The molecule has 0 saturated heterocycles. The second-order valence-corrected chi connectivity index (χ2v) is 6.44. The van der Waals surface area contributed by atoms with E-state index in [0.29, 0.717) is 22.5 Å². The Kier molecular flexibility index (Phi) is 4.20. The van der Waals surface area contributed by atoms with Crippen molar-refractivity contribution >= 4 is 17.7 Å². The third-order valence-electron chi connectivity index (χ3n) is 4.80. The van der Waals surface area contributed by atoms with E-state index < -0.39 is 12.0 Å². The normalized spacial score (nSPS) is 16.4. The molecule has 2 heterocycles. The van der Waals surface area contributed by atoms with Gasteiger partial charge in [-0.1, -0.05) is 24.3 Å². The predicted molar refractivity (Wildman–Crippen MR) is 91.7 cm³/mol. The van der Waals surface area contributed by atoms with Gasteiger partial charge in [0.1, 0.15) is 6.04 Å². The molecule has 1 amide bonds. The maximum Gasteiger partial charge on any atom is 0.326 e. The third-order valence-corrected chi connectivity index (χ3v) is 4.80. The summed E-state index contributed by atoms with van der Waals surface area (Å²) >= 11 is 0. The number of hydrogen-bond donors (Lipinski definition) is 2. The van der Waals surface area contributed by atoms with E-state index in [1.54, 1.807) is 13.8 Å². The molecule has 6 heteroatoms. The molecule has 0 spiro atoms. The van der Waals surface area contributed by atoms with Gasteiger partial charge in [0, 0.05) is 25.6 Å². The van der Waals surface area contributed by atoms with Crippen LogP contribution in [0.15, 0.2) is 24.3 Å². The number of hydrogen-bond acceptors (Lipinski definition) is 3. The van der Waals surface area contributed by atoms with Crippen LogP contribution < -0.4 is 0 Å². The molecule has 0 fully saturated rings. The van der Waals surface area contributed by atoms with Crippen LogP contribution in [-0.2, 0) is 17.8 Å². The fraction of sp³-hybridized carbons (Fsp3) is 0.316. The van der Waals surface area contributed by atoms with Crippen molar-refractivity contribution in [2.24, 2.45) is 0 Å². The van der Waals surface area contributed by atoms with E-state index >= 15 is 0 Å². The quantitative estimate of drug-likeness (QED) is 0.840. The molecule has 0 bridgehead atoms. The Balaban J connectivity index is 2.04. The molecule has 2 aromatic rings. The fourth-order valence-corrected chi connectivity index (χ4v) is 3.52. The van der Waals surface area contributed by atoms with Gasteiger partial charge >= 0.3 is 5.97 Å². The standard InChI is InChI=1S/C19H20N2O4/c1-10-16(11(2)20-17(10)12(3)22)18(23)21-9-14-7-5-4-6-13(14)8-15(21)19(24)25/h4-7,15,20H,8-9H2,1-3H3,(H,24,25)/t15-/m0/s1. The first-order valence-corrected chi connectivity index (χ1v) is 8.12. The summed E-state index contributed by atoms with van der Waals surface area (Å²) in [5, 5.41) is 9.61. The number of carboxylic acids is 1. The van der Waals surface area contributed by atoms with Crippen LogP contribution in [0.25, 0.3) is 0 Å². The molecule has 1 aromatic carbocycles. The molecule has 0 aliphatic carbocycles. The summed E-state index contributed by atoms with van der Waals surface area (Å²) in [4.78, 5) is 40.9. The predicted octanol–water partition coefficient (Wildman–Crippen LogP) is 2.49. The van der Waals surface area contributed by atoms with Gasteiger partial charge in [-0.3, -0.25) is 9.59 Å². The molecule has 6 nitrogen and oxygen atoms in total. The summed E-state index contributed by atoms with van der Waals surface area (Å²) in [5.74, 6) is -1.54. The molecule has 2 N–H and O–H groups in total. The number of nitrogens with one attached hydrogen (secondary N) is 1. The van der Waals surface area contributed by atoms with Gasteiger partial charge in [0.15, 0.2) is 5.78 Å². The Labute approximate surface area is 145 Å². The SMILES string of the molecule is CC(=O)c1[nH]c(C)c(C(=O)N2Cc3ccccc3C[C@H]2C(=O)O)c1C. The van der Waals surface area contributed by atoms with Gasteiger partial charge in [-0.25, -0.2) is 4.79 Å². The van der Waals surface area contributed by atoms with Gasteiger partial charge in [-0.05, 0) is 30.5 Å². The van der Waals surface area contributed by atoms with Gasteiger partial charge in [0.25, 0.3) is 5.91 Å².